The Morgan fingerprint density at radius 2 is 2.14 bits per heavy atom. The van der Waals surface area contributed by atoms with Gasteiger partial charge in [-0.15, -0.1) is 0 Å². The summed E-state index contributed by atoms with van der Waals surface area (Å²) in [5, 5.41) is 5.81. The van der Waals surface area contributed by atoms with E-state index in [0.717, 1.165) is 25.1 Å². The van der Waals surface area contributed by atoms with Crippen molar-refractivity contribution in [1.82, 2.24) is 5.32 Å². The number of nitrogens with zero attached hydrogens (tertiary/aromatic N) is 1. The highest BCUT2D eigenvalue weighted by atomic mass is 32.2. The summed E-state index contributed by atoms with van der Waals surface area (Å²) >= 11 is 1.57. The van der Waals surface area contributed by atoms with Gasteiger partial charge in [-0.3, -0.25) is 9.59 Å². The Hall–Kier alpha value is -2.54. The Kier molecular flexibility index (Phi) is 5.52. The van der Waals surface area contributed by atoms with Gasteiger partial charge >= 0.3 is 0 Å². The molecule has 2 amide bonds. The molecule has 0 spiro atoms. The van der Waals surface area contributed by atoms with E-state index in [9.17, 15) is 14.0 Å². The van der Waals surface area contributed by atoms with E-state index in [0.29, 0.717) is 34.9 Å². The number of anilines is 2. The molecule has 2 aliphatic rings. The van der Waals surface area contributed by atoms with Gasteiger partial charge in [0, 0.05) is 30.2 Å². The van der Waals surface area contributed by atoms with Crippen molar-refractivity contribution in [3.05, 3.63) is 59.4 Å². The lowest BCUT2D eigenvalue weighted by Gasteiger charge is -2.33. The van der Waals surface area contributed by atoms with Crippen LogP contribution in [0.3, 0.4) is 0 Å². The smallest absolute Gasteiger partial charge is 0.251 e. The first-order chi connectivity index (χ1) is 13.6. The average molecular weight is 399 g/mol. The third-order valence-corrected chi connectivity index (χ3v) is 6.14. The number of rotatable bonds is 6. The van der Waals surface area contributed by atoms with Crippen LogP contribution >= 0.6 is 11.8 Å². The molecule has 0 unspecified atom stereocenters. The first-order valence-corrected chi connectivity index (χ1v) is 10.6. The summed E-state index contributed by atoms with van der Waals surface area (Å²) in [6, 6.07) is 12.1. The predicted molar refractivity (Wildman–Crippen MR) is 110 cm³/mol. The Morgan fingerprint density at radius 1 is 1.29 bits per heavy atom. The molecule has 2 aromatic rings. The van der Waals surface area contributed by atoms with Crippen LogP contribution in [0.1, 0.15) is 28.8 Å². The zero-order valence-electron chi connectivity index (χ0n) is 15.4. The van der Waals surface area contributed by atoms with Crippen LogP contribution in [-0.4, -0.2) is 36.7 Å². The van der Waals surface area contributed by atoms with Crippen LogP contribution in [0.5, 0.6) is 0 Å². The molecule has 1 saturated heterocycles. The van der Waals surface area contributed by atoms with E-state index in [2.05, 4.69) is 15.5 Å². The van der Waals surface area contributed by atoms with E-state index >= 15 is 0 Å². The van der Waals surface area contributed by atoms with Gasteiger partial charge in [-0.25, -0.2) is 4.39 Å². The number of hydrogen-bond donors (Lipinski definition) is 2. The van der Waals surface area contributed by atoms with Crippen LogP contribution in [0.4, 0.5) is 15.8 Å². The van der Waals surface area contributed by atoms with Crippen LogP contribution in [0.2, 0.25) is 0 Å². The summed E-state index contributed by atoms with van der Waals surface area (Å²) in [4.78, 5) is 26.8. The second-order valence-electron chi connectivity index (χ2n) is 6.97. The van der Waals surface area contributed by atoms with Crippen LogP contribution in [0.25, 0.3) is 0 Å². The lowest BCUT2D eigenvalue weighted by atomic mass is 10.1. The molecule has 1 atom stereocenters. The molecule has 146 valence electrons. The number of amides is 2. The van der Waals surface area contributed by atoms with E-state index < -0.39 is 0 Å². The molecule has 2 aliphatic heterocycles. The Morgan fingerprint density at radius 3 is 3.00 bits per heavy atom. The Bertz CT molecular complexity index is 905. The molecule has 1 fully saturated rings. The molecule has 0 saturated carbocycles. The highest BCUT2D eigenvalue weighted by molar-refractivity contribution is 7.98. The summed E-state index contributed by atoms with van der Waals surface area (Å²) in [5.41, 5.74) is 2.88. The highest BCUT2D eigenvalue weighted by Gasteiger charge is 2.36. The molecule has 0 aliphatic carbocycles. The van der Waals surface area contributed by atoms with Crippen molar-refractivity contribution in [2.75, 3.05) is 29.1 Å². The maximum Gasteiger partial charge on any atom is 0.251 e. The molecule has 2 N–H and O–H groups in total. The molecule has 28 heavy (non-hydrogen) atoms. The van der Waals surface area contributed by atoms with Crippen molar-refractivity contribution in [3.63, 3.8) is 0 Å². The number of carbonyl (C=O) groups is 2. The fourth-order valence-corrected chi connectivity index (χ4v) is 4.55. The molecule has 7 heteroatoms. The molecule has 0 radical (unpaired) electrons. The lowest BCUT2D eigenvalue weighted by Crippen LogP contribution is -2.44. The fourth-order valence-electron chi connectivity index (χ4n) is 3.71. The van der Waals surface area contributed by atoms with Gasteiger partial charge in [0.2, 0.25) is 5.91 Å². The van der Waals surface area contributed by atoms with Crippen molar-refractivity contribution < 1.29 is 14.0 Å². The monoisotopic (exact) mass is 399 g/mol. The minimum Gasteiger partial charge on any atom is -0.358 e. The minimum atomic E-state index is -0.199. The number of hydrogen-bond acceptors (Lipinski definition) is 4. The number of halogens is 1. The van der Waals surface area contributed by atoms with Gasteiger partial charge in [0.1, 0.15) is 11.9 Å². The zero-order valence-corrected chi connectivity index (χ0v) is 16.2. The summed E-state index contributed by atoms with van der Waals surface area (Å²) in [6.07, 6.45) is 1.88. The highest BCUT2D eigenvalue weighted by Crippen LogP contribution is 2.37. The molecule has 4 rings (SSSR count). The summed E-state index contributed by atoms with van der Waals surface area (Å²) < 4.78 is 13.6. The minimum absolute atomic E-state index is 0.00658. The largest absolute Gasteiger partial charge is 0.358 e. The molecule has 5 nitrogen and oxygen atoms in total. The van der Waals surface area contributed by atoms with E-state index in [-0.39, 0.29) is 23.7 Å². The van der Waals surface area contributed by atoms with E-state index in [1.807, 2.05) is 12.1 Å². The standard InChI is InChI=1S/C21H22FN3O2S/c22-16-5-2-1-4-15(16)13-28-11-9-23-20(26)14-7-8-18-17(12-14)24-21(27)19-6-3-10-25(18)19/h1-2,4-5,7-8,12,19H,3,6,9-11,13H2,(H,23,26)(H,24,27)/t19-/m0/s1. The number of benzene rings is 2. The topological polar surface area (TPSA) is 61.4 Å². The van der Waals surface area contributed by atoms with E-state index in [4.69, 9.17) is 0 Å². The van der Waals surface area contributed by atoms with Crippen molar-refractivity contribution >= 4 is 35.0 Å². The summed E-state index contributed by atoms with van der Waals surface area (Å²) in [5.74, 6) is 0.899. The van der Waals surface area contributed by atoms with E-state index in [1.165, 1.54) is 6.07 Å². The Balaban J connectivity index is 1.30. The maximum atomic E-state index is 13.6. The third-order valence-electron chi connectivity index (χ3n) is 5.13. The van der Waals surface area contributed by atoms with Gasteiger partial charge in [-0.2, -0.15) is 11.8 Å². The summed E-state index contributed by atoms with van der Waals surface area (Å²) in [7, 11) is 0. The Labute approximate surface area is 167 Å². The lowest BCUT2D eigenvalue weighted by molar-refractivity contribution is -0.117. The number of carbonyl (C=O) groups excluding carboxylic acids is 2. The van der Waals surface area contributed by atoms with Crippen molar-refractivity contribution in [1.29, 1.82) is 0 Å². The maximum absolute atomic E-state index is 13.6. The van der Waals surface area contributed by atoms with Gasteiger partial charge in [0.05, 0.1) is 11.4 Å². The van der Waals surface area contributed by atoms with Gasteiger partial charge in [0.25, 0.3) is 5.91 Å². The molecule has 2 heterocycles. The summed E-state index contributed by atoms with van der Waals surface area (Å²) in [6.45, 7) is 1.37. The third kappa shape index (κ3) is 3.85. The normalized spacial score (nSPS) is 17.7. The first-order valence-electron chi connectivity index (χ1n) is 9.44. The number of thioether (sulfide) groups is 1. The second kappa shape index (κ2) is 8.22. The molecule has 0 bridgehead atoms. The van der Waals surface area contributed by atoms with E-state index in [1.54, 1.807) is 36.0 Å². The van der Waals surface area contributed by atoms with Gasteiger partial charge in [-0.1, -0.05) is 18.2 Å². The van der Waals surface area contributed by atoms with Crippen LogP contribution < -0.4 is 15.5 Å². The zero-order chi connectivity index (χ0) is 19.5. The second-order valence-corrected chi connectivity index (χ2v) is 8.08. The first kappa shape index (κ1) is 18.8. The van der Waals surface area contributed by atoms with Crippen LogP contribution in [0.15, 0.2) is 42.5 Å². The van der Waals surface area contributed by atoms with Gasteiger partial charge in [0.15, 0.2) is 0 Å². The van der Waals surface area contributed by atoms with Gasteiger partial charge < -0.3 is 15.5 Å². The number of nitrogens with one attached hydrogen (secondary N) is 2. The molecule has 2 aromatic carbocycles. The van der Waals surface area contributed by atoms with Crippen LogP contribution in [-0.2, 0) is 10.5 Å². The quantitative estimate of drug-likeness (QED) is 0.731. The SMILES string of the molecule is O=C(NCCSCc1ccccc1F)c1ccc2c(c1)NC(=O)[C@@H]1CCCN21. The number of fused-ring (bicyclic) bond motifs is 3. The van der Waals surface area contributed by atoms with Crippen molar-refractivity contribution in [2.24, 2.45) is 0 Å². The average Bonchev–Trinajstić information content (AvgIpc) is 3.19. The molecular weight excluding hydrogens is 377 g/mol. The predicted octanol–water partition coefficient (Wildman–Crippen LogP) is 3.41. The van der Waals surface area contributed by atoms with Gasteiger partial charge in [-0.05, 0) is 42.7 Å². The molecular formula is C21H22FN3O2S. The van der Waals surface area contributed by atoms with Crippen LogP contribution in [0, 0.1) is 5.82 Å². The van der Waals surface area contributed by atoms with Crippen molar-refractivity contribution in [3.8, 4) is 0 Å². The fraction of sp³-hybridized carbons (Fsp3) is 0.333. The molecule has 0 aromatic heterocycles. The van der Waals surface area contributed by atoms with Crippen molar-refractivity contribution in [2.45, 2.75) is 24.6 Å².